The molecule has 0 aromatic heterocycles. The van der Waals surface area contributed by atoms with Gasteiger partial charge in [-0.3, -0.25) is 0 Å². The Kier molecular flexibility index (Phi) is 2.30. The Morgan fingerprint density at radius 2 is 1.88 bits per heavy atom. The molecule has 2 N–H and O–H groups in total. The molecule has 0 saturated heterocycles. The van der Waals surface area contributed by atoms with Crippen LogP contribution in [0.1, 0.15) is 13.3 Å². The summed E-state index contributed by atoms with van der Waals surface area (Å²) in [7, 11) is 0. The molecule has 0 rings (SSSR count). The van der Waals surface area contributed by atoms with E-state index in [4.69, 9.17) is 10.2 Å². The zero-order chi connectivity index (χ0) is 6.78. The first kappa shape index (κ1) is 7.78. The van der Waals surface area contributed by atoms with Gasteiger partial charge in [-0.2, -0.15) is 0 Å². The standard InChI is InChI=1S/C4H8F2O2/c1-2-4(5,6)3(7)8/h3,7-8H,2H2,1H3. The average Bonchev–Trinajstić information content (AvgIpc) is 1.67. The Labute approximate surface area is 45.8 Å². The number of rotatable bonds is 2. The third-order valence-corrected chi connectivity index (χ3v) is 0.849. The van der Waals surface area contributed by atoms with Gasteiger partial charge in [0.2, 0.25) is 6.29 Å². The van der Waals surface area contributed by atoms with E-state index in [2.05, 4.69) is 0 Å². The Morgan fingerprint density at radius 1 is 1.50 bits per heavy atom. The van der Waals surface area contributed by atoms with Gasteiger partial charge in [0.15, 0.2) is 0 Å². The van der Waals surface area contributed by atoms with Crippen molar-refractivity contribution in [2.75, 3.05) is 0 Å². The fourth-order valence-corrected chi connectivity index (χ4v) is 0.183. The van der Waals surface area contributed by atoms with Crippen LogP contribution in [0.25, 0.3) is 0 Å². The van der Waals surface area contributed by atoms with Gasteiger partial charge in [0.1, 0.15) is 0 Å². The van der Waals surface area contributed by atoms with Crippen molar-refractivity contribution in [1.29, 1.82) is 0 Å². The summed E-state index contributed by atoms with van der Waals surface area (Å²) in [5.74, 6) is -3.35. The predicted octanol–water partition coefficient (Wildman–Crippen LogP) is 0.342. The first-order valence-electron chi connectivity index (χ1n) is 2.24. The van der Waals surface area contributed by atoms with E-state index in [0.29, 0.717) is 0 Å². The van der Waals surface area contributed by atoms with E-state index < -0.39 is 18.6 Å². The number of hydrogen-bond donors (Lipinski definition) is 2. The lowest BCUT2D eigenvalue weighted by Crippen LogP contribution is -2.31. The molecule has 0 aromatic carbocycles. The van der Waals surface area contributed by atoms with Gasteiger partial charge in [0, 0.05) is 6.42 Å². The molecule has 0 atom stereocenters. The molecular weight excluding hydrogens is 118 g/mol. The Balaban J connectivity index is 3.71. The molecule has 0 aliphatic heterocycles. The smallest absolute Gasteiger partial charge is 0.297 e. The lowest BCUT2D eigenvalue weighted by molar-refractivity contribution is -0.208. The first-order valence-corrected chi connectivity index (χ1v) is 2.24. The zero-order valence-corrected chi connectivity index (χ0v) is 4.43. The summed E-state index contributed by atoms with van der Waals surface area (Å²) in [5, 5.41) is 15.8. The van der Waals surface area contributed by atoms with Crippen LogP contribution in [0.4, 0.5) is 8.78 Å². The Bertz CT molecular complexity index is 72.4. The monoisotopic (exact) mass is 126 g/mol. The van der Waals surface area contributed by atoms with Crippen molar-refractivity contribution < 1.29 is 19.0 Å². The minimum Gasteiger partial charge on any atom is -0.363 e. The fraction of sp³-hybridized carbons (Fsp3) is 1.00. The van der Waals surface area contributed by atoms with Crippen LogP contribution in [-0.4, -0.2) is 22.4 Å². The van der Waals surface area contributed by atoms with Gasteiger partial charge in [-0.15, -0.1) is 0 Å². The zero-order valence-electron chi connectivity index (χ0n) is 4.43. The summed E-state index contributed by atoms with van der Waals surface area (Å²) in [4.78, 5) is 0. The molecule has 0 amide bonds. The first-order chi connectivity index (χ1) is 3.50. The number of aliphatic hydroxyl groups excluding tert-OH is 1. The number of hydrogen-bond acceptors (Lipinski definition) is 2. The second kappa shape index (κ2) is 2.37. The van der Waals surface area contributed by atoms with Crippen LogP contribution in [0.2, 0.25) is 0 Å². The SMILES string of the molecule is CCC(F)(F)C(O)O. The molecule has 8 heavy (non-hydrogen) atoms. The molecule has 0 aromatic rings. The van der Waals surface area contributed by atoms with Crippen LogP contribution in [0.3, 0.4) is 0 Å². The highest BCUT2D eigenvalue weighted by molar-refractivity contribution is 4.63. The van der Waals surface area contributed by atoms with E-state index in [-0.39, 0.29) is 0 Å². The maximum absolute atomic E-state index is 11.8. The maximum atomic E-state index is 11.8. The van der Waals surface area contributed by atoms with E-state index in [1.165, 1.54) is 6.92 Å². The molecule has 0 bridgehead atoms. The van der Waals surface area contributed by atoms with Crippen LogP contribution >= 0.6 is 0 Å². The third kappa shape index (κ3) is 1.71. The maximum Gasteiger partial charge on any atom is 0.297 e. The quantitative estimate of drug-likeness (QED) is 0.524. The second-order valence-corrected chi connectivity index (χ2v) is 1.49. The summed E-state index contributed by atoms with van der Waals surface area (Å²) in [6, 6.07) is 0. The van der Waals surface area contributed by atoms with Gasteiger partial charge >= 0.3 is 0 Å². The van der Waals surface area contributed by atoms with Crippen molar-refractivity contribution in [3.63, 3.8) is 0 Å². The lowest BCUT2D eigenvalue weighted by atomic mass is 10.2. The van der Waals surface area contributed by atoms with Crippen molar-refractivity contribution in [2.45, 2.75) is 25.6 Å². The van der Waals surface area contributed by atoms with E-state index in [0.717, 1.165) is 0 Å². The third-order valence-electron chi connectivity index (χ3n) is 0.849. The summed E-state index contributed by atoms with van der Waals surface area (Å²) >= 11 is 0. The van der Waals surface area contributed by atoms with Crippen molar-refractivity contribution in [3.8, 4) is 0 Å². The highest BCUT2D eigenvalue weighted by Gasteiger charge is 2.34. The summed E-state index contributed by atoms with van der Waals surface area (Å²) in [5.41, 5.74) is 0. The molecule has 0 aliphatic rings. The predicted molar refractivity (Wildman–Crippen MR) is 23.5 cm³/mol. The minimum absolute atomic E-state index is 0.551. The second-order valence-electron chi connectivity index (χ2n) is 1.49. The van der Waals surface area contributed by atoms with Crippen molar-refractivity contribution in [3.05, 3.63) is 0 Å². The largest absolute Gasteiger partial charge is 0.363 e. The average molecular weight is 126 g/mol. The van der Waals surface area contributed by atoms with Crippen LogP contribution in [-0.2, 0) is 0 Å². The number of aliphatic hydroxyl groups is 2. The molecular formula is C4H8F2O2. The molecule has 0 aliphatic carbocycles. The molecule has 0 spiro atoms. The van der Waals surface area contributed by atoms with Gasteiger partial charge in [0.05, 0.1) is 0 Å². The van der Waals surface area contributed by atoms with Gasteiger partial charge in [-0.05, 0) is 0 Å². The molecule has 0 fully saturated rings. The Hall–Kier alpha value is -0.220. The minimum atomic E-state index is -3.35. The van der Waals surface area contributed by atoms with Gasteiger partial charge < -0.3 is 10.2 Å². The van der Waals surface area contributed by atoms with Gasteiger partial charge in [0.25, 0.3) is 5.92 Å². The van der Waals surface area contributed by atoms with E-state index in [1.807, 2.05) is 0 Å². The van der Waals surface area contributed by atoms with Crippen molar-refractivity contribution in [1.82, 2.24) is 0 Å². The molecule has 0 unspecified atom stereocenters. The highest BCUT2D eigenvalue weighted by atomic mass is 19.3. The van der Waals surface area contributed by atoms with Crippen LogP contribution in [0.5, 0.6) is 0 Å². The highest BCUT2D eigenvalue weighted by Crippen LogP contribution is 2.20. The summed E-state index contributed by atoms with van der Waals surface area (Å²) in [6.45, 7) is 1.18. The van der Waals surface area contributed by atoms with E-state index in [1.54, 1.807) is 0 Å². The fourth-order valence-electron chi connectivity index (χ4n) is 0.183. The molecule has 2 nitrogen and oxygen atoms in total. The molecule has 50 valence electrons. The van der Waals surface area contributed by atoms with E-state index >= 15 is 0 Å². The van der Waals surface area contributed by atoms with E-state index in [9.17, 15) is 8.78 Å². The molecule has 0 heterocycles. The van der Waals surface area contributed by atoms with Crippen molar-refractivity contribution >= 4 is 0 Å². The lowest BCUT2D eigenvalue weighted by Gasteiger charge is -2.14. The summed E-state index contributed by atoms with van der Waals surface area (Å²) < 4.78 is 23.6. The van der Waals surface area contributed by atoms with Crippen LogP contribution in [0.15, 0.2) is 0 Å². The Morgan fingerprint density at radius 3 is 1.88 bits per heavy atom. The number of alkyl halides is 2. The number of halogens is 2. The molecule has 4 heteroatoms. The molecule has 0 saturated carbocycles. The van der Waals surface area contributed by atoms with Gasteiger partial charge in [-0.1, -0.05) is 6.92 Å². The summed E-state index contributed by atoms with van der Waals surface area (Å²) in [6.07, 6.45) is -3.07. The van der Waals surface area contributed by atoms with Crippen LogP contribution in [0, 0.1) is 0 Å². The van der Waals surface area contributed by atoms with Gasteiger partial charge in [-0.25, -0.2) is 8.78 Å². The topological polar surface area (TPSA) is 40.5 Å². The normalized spacial score (nSPS) is 12.8. The molecule has 0 radical (unpaired) electrons. The van der Waals surface area contributed by atoms with Crippen molar-refractivity contribution in [2.24, 2.45) is 0 Å². The van der Waals surface area contributed by atoms with Crippen LogP contribution < -0.4 is 0 Å².